The quantitative estimate of drug-likeness (QED) is 0.597. The van der Waals surface area contributed by atoms with Gasteiger partial charge in [-0.3, -0.25) is 0 Å². The molecule has 0 saturated heterocycles. The van der Waals surface area contributed by atoms with Crippen molar-refractivity contribution in [2.75, 3.05) is 0 Å². The number of fused-ring (bicyclic) bond motifs is 1. The summed E-state index contributed by atoms with van der Waals surface area (Å²) in [5.41, 5.74) is 6.52. The van der Waals surface area contributed by atoms with Crippen LogP contribution in [0.15, 0.2) is 60.8 Å². The SMILES string of the molecule is Cc1cccc(-c2cc3nccc(-c4cc(C)ccc4O)n3n2)c1. The van der Waals surface area contributed by atoms with Crippen LogP contribution in [0.1, 0.15) is 11.1 Å². The molecule has 0 amide bonds. The van der Waals surface area contributed by atoms with Crippen LogP contribution in [0.4, 0.5) is 0 Å². The highest BCUT2D eigenvalue weighted by Gasteiger charge is 2.12. The van der Waals surface area contributed by atoms with Crippen molar-refractivity contribution in [2.45, 2.75) is 13.8 Å². The van der Waals surface area contributed by atoms with Gasteiger partial charge < -0.3 is 5.11 Å². The molecule has 0 aliphatic heterocycles. The summed E-state index contributed by atoms with van der Waals surface area (Å²) in [7, 11) is 0. The van der Waals surface area contributed by atoms with Crippen LogP contribution in [0.5, 0.6) is 5.75 Å². The minimum absolute atomic E-state index is 0.237. The van der Waals surface area contributed by atoms with E-state index in [1.807, 2.05) is 43.3 Å². The fraction of sp³-hybridized carbons (Fsp3) is 0.100. The summed E-state index contributed by atoms with van der Waals surface area (Å²) in [5, 5.41) is 15.0. The summed E-state index contributed by atoms with van der Waals surface area (Å²) in [6.07, 6.45) is 1.74. The highest BCUT2D eigenvalue weighted by Crippen LogP contribution is 2.31. The lowest BCUT2D eigenvalue weighted by atomic mass is 10.1. The number of nitrogens with zero attached hydrogens (tertiary/aromatic N) is 3. The summed E-state index contributed by atoms with van der Waals surface area (Å²) in [6, 6.07) is 17.6. The van der Waals surface area contributed by atoms with E-state index in [1.54, 1.807) is 16.8 Å². The third-order valence-electron chi connectivity index (χ3n) is 4.10. The van der Waals surface area contributed by atoms with Gasteiger partial charge in [-0.25, -0.2) is 9.50 Å². The lowest BCUT2D eigenvalue weighted by Gasteiger charge is -2.07. The first-order valence-corrected chi connectivity index (χ1v) is 7.83. The zero-order chi connectivity index (χ0) is 16.7. The molecule has 4 nitrogen and oxygen atoms in total. The van der Waals surface area contributed by atoms with Gasteiger partial charge in [0.2, 0.25) is 0 Å². The van der Waals surface area contributed by atoms with Crippen LogP contribution in [0.3, 0.4) is 0 Å². The third kappa shape index (κ3) is 2.42. The van der Waals surface area contributed by atoms with Gasteiger partial charge in [-0.1, -0.05) is 35.4 Å². The molecule has 0 radical (unpaired) electrons. The molecule has 0 atom stereocenters. The topological polar surface area (TPSA) is 50.4 Å². The molecule has 2 aromatic heterocycles. The molecule has 0 spiro atoms. The minimum Gasteiger partial charge on any atom is -0.507 e. The van der Waals surface area contributed by atoms with E-state index >= 15 is 0 Å². The molecule has 0 unspecified atom stereocenters. The molecule has 0 bridgehead atoms. The number of hydrogen-bond acceptors (Lipinski definition) is 3. The van der Waals surface area contributed by atoms with Crippen LogP contribution in [0.2, 0.25) is 0 Å². The second kappa shape index (κ2) is 5.49. The molecular weight excluding hydrogens is 298 g/mol. The van der Waals surface area contributed by atoms with E-state index < -0.39 is 0 Å². The number of phenolic OH excluding ortho intramolecular Hbond substituents is 1. The highest BCUT2D eigenvalue weighted by molar-refractivity contribution is 5.72. The van der Waals surface area contributed by atoms with Crippen LogP contribution in [-0.4, -0.2) is 19.7 Å². The lowest BCUT2D eigenvalue weighted by molar-refractivity contribution is 0.477. The number of aromatic hydroxyl groups is 1. The number of aromatic nitrogens is 3. The van der Waals surface area contributed by atoms with Gasteiger partial charge in [0.15, 0.2) is 5.65 Å². The summed E-state index contributed by atoms with van der Waals surface area (Å²) in [4.78, 5) is 4.41. The fourth-order valence-corrected chi connectivity index (χ4v) is 2.90. The summed E-state index contributed by atoms with van der Waals surface area (Å²) < 4.78 is 1.78. The largest absolute Gasteiger partial charge is 0.507 e. The zero-order valence-electron chi connectivity index (χ0n) is 13.6. The number of aryl methyl sites for hydroxylation is 2. The van der Waals surface area contributed by atoms with Crippen molar-refractivity contribution in [3.05, 3.63) is 71.9 Å². The molecule has 1 N–H and O–H groups in total. The second-order valence-electron chi connectivity index (χ2n) is 6.02. The molecule has 118 valence electrons. The molecule has 24 heavy (non-hydrogen) atoms. The maximum absolute atomic E-state index is 10.2. The van der Waals surface area contributed by atoms with Crippen LogP contribution >= 0.6 is 0 Å². The molecule has 2 aromatic carbocycles. The Morgan fingerprint density at radius 1 is 0.917 bits per heavy atom. The number of rotatable bonds is 2. The number of benzene rings is 2. The summed E-state index contributed by atoms with van der Waals surface area (Å²) in [5.74, 6) is 0.237. The van der Waals surface area contributed by atoms with E-state index in [9.17, 15) is 5.11 Å². The Balaban J connectivity index is 1.94. The first kappa shape index (κ1) is 14.5. The van der Waals surface area contributed by atoms with E-state index in [0.29, 0.717) is 0 Å². The Hall–Kier alpha value is -3.14. The van der Waals surface area contributed by atoms with Crippen molar-refractivity contribution in [1.29, 1.82) is 0 Å². The smallest absolute Gasteiger partial charge is 0.156 e. The average Bonchev–Trinajstić information content (AvgIpc) is 3.01. The van der Waals surface area contributed by atoms with Gasteiger partial charge in [0, 0.05) is 23.4 Å². The molecule has 4 heteroatoms. The third-order valence-corrected chi connectivity index (χ3v) is 4.10. The minimum atomic E-state index is 0.237. The lowest BCUT2D eigenvalue weighted by Crippen LogP contribution is -1.96. The molecule has 0 fully saturated rings. The molecule has 0 saturated carbocycles. The van der Waals surface area contributed by atoms with Crippen LogP contribution in [0, 0.1) is 13.8 Å². The summed E-state index contributed by atoms with van der Waals surface area (Å²) in [6.45, 7) is 4.07. The maximum Gasteiger partial charge on any atom is 0.156 e. The van der Waals surface area contributed by atoms with Gasteiger partial charge in [0.1, 0.15) is 5.75 Å². The van der Waals surface area contributed by atoms with Crippen molar-refractivity contribution in [3.63, 3.8) is 0 Å². The van der Waals surface area contributed by atoms with E-state index in [0.717, 1.165) is 33.7 Å². The highest BCUT2D eigenvalue weighted by atomic mass is 16.3. The number of phenols is 1. The predicted molar refractivity (Wildman–Crippen MR) is 95.0 cm³/mol. The van der Waals surface area contributed by atoms with Crippen molar-refractivity contribution < 1.29 is 5.11 Å². The van der Waals surface area contributed by atoms with Crippen LogP contribution in [0.25, 0.3) is 28.2 Å². The number of hydrogen-bond donors (Lipinski definition) is 1. The monoisotopic (exact) mass is 315 g/mol. The Morgan fingerprint density at radius 2 is 1.75 bits per heavy atom. The van der Waals surface area contributed by atoms with Crippen molar-refractivity contribution in [2.24, 2.45) is 0 Å². The van der Waals surface area contributed by atoms with Gasteiger partial charge in [0.25, 0.3) is 0 Å². The van der Waals surface area contributed by atoms with Gasteiger partial charge >= 0.3 is 0 Å². The molecule has 4 aromatic rings. The normalized spacial score (nSPS) is 11.1. The molecule has 0 aliphatic carbocycles. The van der Waals surface area contributed by atoms with Gasteiger partial charge in [-0.2, -0.15) is 5.10 Å². The van der Waals surface area contributed by atoms with Crippen molar-refractivity contribution >= 4 is 5.65 Å². The first-order valence-electron chi connectivity index (χ1n) is 7.83. The Kier molecular flexibility index (Phi) is 3.31. The van der Waals surface area contributed by atoms with Gasteiger partial charge in [-0.05, 0) is 38.1 Å². The van der Waals surface area contributed by atoms with E-state index in [4.69, 9.17) is 5.10 Å². The standard InChI is InChI=1S/C20H17N3O/c1-13-4-3-5-15(10-13)17-12-20-21-9-8-18(23(20)22-17)16-11-14(2)6-7-19(16)24/h3-12,24H,1-2H3. The molecule has 2 heterocycles. The van der Waals surface area contributed by atoms with Gasteiger partial charge in [0.05, 0.1) is 11.4 Å². The van der Waals surface area contributed by atoms with Crippen LogP contribution in [-0.2, 0) is 0 Å². The molecule has 4 rings (SSSR count). The van der Waals surface area contributed by atoms with Gasteiger partial charge in [-0.15, -0.1) is 0 Å². The molecular formula is C20H17N3O. The van der Waals surface area contributed by atoms with Crippen molar-refractivity contribution in [3.8, 4) is 28.3 Å². The van der Waals surface area contributed by atoms with Crippen LogP contribution < -0.4 is 0 Å². The van der Waals surface area contributed by atoms with Crippen molar-refractivity contribution in [1.82, 2.24) is 14.6 Å². The maximum atomic E-state index is 10.2. The second-order valence-corrected chi connectivity index (χ2v) is 6.02. The average molecular weight is 315 g/mol. The Morgan fingerprint density at radius 3 is 2.58 bits per heavy atom. The Bertz CT molecular complexity index is 1050. The fourth-order valence-electron chi connectivity index (χ4n) is 2.90. The Labute approximate surface area is 140 Å². The van der Waals surface area contributed by atoms with E-state index in [1.165, 1.54) is 5.56 Å². The zero-order valence-corrected chi connectivity index (χ0v) is 13.6. The summed E-state index contributed by atoms with van der Waals surface area (Å²) >= 11 is 0. The predicted octanol–water partition coefficient (Wildman–Crippen LogP) is 4.39. The van der Waals surface area contributed by atoms with E-state index in [2.05, 4.69) is 24.0 Å². The first-order chi connectivity index (χ1) is 11.6. The molecule has 0 aliphatic rings. The van der Waals surface area contributed by atoms with E-state index in [-0.39, 0.29) is 5.75 Å².